The third-order valence-corrected chi connectivity index (χ3v) is 4.83. The van der Waals surface area contributed by atoms with E-state index in [9.17, 15) is 19.8 Å². The molecule has 1 aromatic heterocycles. The van der Waals surface area contributed by atoms with E-state index in [1.807, 2.05) is 0 Å². The van der Waals surface area contributed by atoms with Gasteiger partial charge in [0.15, 0.2) is 0 Å². The fourth-order valence-corrected chi connectivity index (χ4v) is 3.10. The van der Waals surface area contributed by atoms with Crippen LogP contribution < -0.4 is 5.32 Å². The number of carboxylic acid groups (broad SMARTS) is 1. The van der Waals surface area contributed by atoms with Crippen LogP contribution in [0.1, 0.15) is 31.2 Å². The highest BCUT2D eigenvalue weighted by Gasteiger charge is 2.21. The van der Waals surface area contributed by atoms with Crippen LogP contribution in [0, 0.1) is 13.8 Å². The summed E-state index contributed by atoms with van der Waals surface area (Å²) in [6.45, 7) is 3.50. The van der Waals surface area contributed by atoms with Gasteiger partial charge in [-0.15, -0.1) is 11.3 Å². The molecule has 2 rings (SSSR count). The average molecular weight is 370 g/mol. The smallest absolute Gasteiger partial charge is 0.338 e. The Morgan fingerprint density at radius 3 is 2.52 bits per heavy atom. The van der Waals surface area contributed by atoms with Crippen LogP contribution in [-0.2, 0) is 0 Å². The fraction of sp³-hybridized carbons (Fsp3) is 0.143. The van der Waals surface area contributed by atoms with E-state index in [1.165, 1.54) is 23.5 Å². The summed E-state index contributed by atoms with van der Waals surface area (Å²) in [5.74, 6) is -1.60. The van der Waals surface area contributed by atoms with Gasteiger partial charge in [0.05, 0.1) is 10.0 Å². The maximum Gasteiger partial charge on any atom is 0.338 e. The lowest BCUT2D eigenvalue weighted by Crippen LogP contribution is -2.13. The third-order valence-electron chi connectivity index (χ3n) is 3.03. The van der Waals surface area contributed by atoms with Crippen molar-refractivity contribution >= 4 is 44.1 Å². The van der Waals surface area contributed by atoms with E-state index in [0.29, 0.717) is 15.0 Å². The van der Waals surface area contributed by atoms with Crippen molar-refractivity contribution < 1.29 is 19.8 Å². The van der Waals surface area contributed by atoms with E-state index < -0.39 is 11.9 Å². The van der Waals surface area contributed by atoms with E-state index in [-0.39, 0.29) is 16.9 Å². The number of aromatic hydroxyl groups is 1. The molecular weight excluding hydrogens is 358 g/mol. The zero-order chi connectivity index (χ0) is 15.7. The quantitative estimate of drug-likeness (QED) is 0.767. The van der Waals surface area contributed by atoms with Crippen molar-refractivity contribution in [3.8, 4) is 5.75 Å². The maximum atomic E-state index is 12.1. The summed E-state index contributed by atoms with van der Waals surface area (Å²) < 4.78 is 0.480. The molecule has 0 saturated carbocycles. The van der Waals surface area contributed by atoms with Gasteiger partial charge in [-0.1, -0.05) is 0 Å². The number of benzene rings is 1. The molecule has 110 valence electrons. The molecule has 21 heavy (non-hydrogen) atoms. The van der Waals surface area contributed by atoms with Crippen LogP contribution in [0.25, 0.3) is 0 Å². The molecule has 3 N–H and O–H groups in total. The van der Waals surface area contributed by atoms with E-state index in [2.05, 4.69) is 21.2 Å². The second-order valence-electron chi connectivity index (χ2n) is 4.41. The number of carbonyl (C=O) groups is 2. The van der Waals surface area contributed by atoms with Gasteiger partial charge in [-0.2, -0.15) is 0 Å². The molecule has 0 aliphatic rings. The lowest BCUT2D eigenvalue weighted by Gasteiger charge is -2.06. The topological polar surface area (TPSA) is 86.6 Å². The standard InChI is InChI=1S/C14H12BrNO4S/c1-6-7(2)21-13(11(6)14(19)20)16-12(18)8-3-4-9(15)10(17)5-8/h3-5,17H,1-2H3,(H,16,18)(H,19,20). The lowest BCUT2D eigenvalue weighted by molar-refractivity contribution is 0.0697. The molecule has 7 heteroatoms. The second kappa shape index (κ2) is 5.87. The van der Waals surface area contributed by atoms with Gasteiger partial charge < -0.3 is 15.5 Å². The minimum atomic E-state index is -1.08. The van der Waals surface area contributed by atoms with Crippen molar-refractivity contribution in [2.24, 2.45) is 0 Å². The zero-order valence-electron chi connectivity index (χ0n) is 11.2. The molecular formula is C14H12BrNO4S. The molecule has 1 aromatic carbocycles. The molecule has 0 saturated heterocycles. The Hall–Kier alpha value is -1.86. The van der Waals surface area contributed by atoms with Crippen LogP contribution in [-0.4, -0.2) is 22.1 Å². The molecule has 0 spiro atoms. The Balaban J connectivity index is 2.33. The number of aryl methyl sites for hydroxylation is 1. The van der Waals surface area contributed by atoms with Gasteiger partial charge in [0.2, 0.25) is 0 Å². The first-order valence-corrected chi connectivity index (χ1v) is 7.55. The van der Waals surface area contributed by atoms with Crippen LogP contribution in [0.5, 0.6) is 5.75 Å². The van der Waals surface area contributed by atoms with Crippen molar-refractivity contribution in [2.75, 3.05) is 5.32 Å². The fourth-order valence-electron chi connectivity index (χ4n) is 1.80. The predicted molar refractivity (Wildman–Crippen MR) is 84.5 cm³/mol. The van der Waals surface area contributed by atoms with Gasteiger partial charge in [0.1, 0.15) is 10.8 Å². The third kappa shape index (κ3) is 3.08. The Labute approximate surface area is 133 Å². The minimum Gasteiger partial charge on any atom is -0.507 e. The van der Waals surface area contributed by atoms with Crippen molar-refractivity contribution in [2.45, 2.75) is 13.8 Å². The first kappa shape index (κ1) is 15.5. The van der Waals surface area contributed by atoms with Gasteiger partial charge in [0.25, 0.3) is 5.91 Å². The molecule has 0 fully saturated rings. The lowest BCUT2D eigenvalue weighted by atomic mass is 10.1. The van der Waals surface area contributed by atoms with Crippen LogP contribution in [0.3, 0.4) is 0 Å². The van der Waals surface area contributed by atoms with Crippen LogP contribution in [0.15, 0.2) is 22.7 Å². The summed E-state index contributed by atoms with van der Waals surface area (Å²) in [5, 5.41) is 21.7. The number of anilines is 1. The van der Waals surface area contributed by atoms with Gasteiger partial charge in [-0.25, -0.2) is 4.79 Å². The number of halogens is 1. The number of carbonyl (C=O) groups excluding carboxylic acids is 1. The molecule has 0 radical (unpaired) electrons. The molecule has 2 aromatic rings. The number of rotatable bonds is 3. The zero-order valence-corrected chi connectivity index (χ0v) is 13.6. The van der Waals surface area contributed by atoms with Crippen LogP contribution >= 0.6 is 27.3 Å². The summed E-state index contributed by atoms with van der Waals surface area (Å²) in [6.07, 6.45) is 0. The van der Waals surface area contributed by atoms with Gasteiger partial charge in [0, 0.05) is 10.4 Å². The number of amides is 1. The summed E-state index contributed by atoms with van der Waals surface area (Å²) in [4.78, 5) is 24.3. The minimum absolute atomic E-state index is 0.0559. The molecule has 0 bridgehead atoms. The first-order valence-electron chi connectivity index (χ1n) is 5.94. The molecule has 0 aliphatic carbocycles. The Kier molecular flexibility index (Phi) is 4.34. The highest BCUT2D eigenvalue weighted by molar-refractivity contribution is 9.10. The van der Waals surface area contributed by atoms with Crippen molar-refractivity contribution in [1.29, 1.82) is 0 Å². The Morgan fingerprint density at radius 1 is 1.29 bits per heavy atom. The monoisotopic (exact) mass is 369 g/mol. The summed E-state index contributed by atoms with van der Waals surface area (Å²) >= 11 is 4.35. The summed E-state index contributed by atoms with van der Waals surface area (Å²) in [7, 11) is 0. The van der Waals surface area contributed by atoms with E-state index in [1.54, 1.807) is 19.9 Å². The van der Waals surface area contributed by atoms with E-state index in [0.717, 1.165) is 4.88 Å². The second-order valence-corrected chi connectivity index (χ2v) is 6.49. The largest absolute Gasteiger partial charge is 0.507 e. The average Bonchev–Trinajstić information content (AvgIpc) is 2.68. The molecule has 5 nitrogen and oxygen atoms in total. The number of carboxylic acids is 1. The normalized spacial score (nSPS) is 10.4. The number of nitrogens with one attached hydrogen (secondary N) is 1. The Bertz CT molecular complexity index is 739. The number of hydrogen-bond acceptors (Lipinski definition) is 4. The summed E-state index contributed by atoms with van der Waals surface area (Å²) in [5.41, 5.74) is 0.990. The van der Waals surface area contributed by atoms with Crippen molar-refractivity contribution in [3.63, 3.8) is 0 Å². The van der Waals surface area contributed by atoms with Gasteiger partial charge in [-0.3, -0.25) is 4.79 Å². The number of phenolic OH excluding ortho intramolecular Hbond substituents is 1. The van der Waals surface area contributed by atoms with E-state index >= 15 is 0 Å². The van der Waals surface area contributed by atoms with Crippen molar-refractivity contribution in [3.05, 3.63) is 44.2 Å². The van der Waals surface area contributed by atoms with Crippen molar-refractivity contribution in [1.82, 2.24) is 0 Å². The van der Waals surface area contributed by atoms with Crippen LogP contribution in [0.4, 0.5) is 5.00 Å². The molecule has 0 unspecified atom stereocenters. The number of thiophene rings is 1. The summed E-state index contributed by atoms with van der Waals surface area (Å²) in [6, 6.07) is 4.40. The van der Waals surface area contributed by atoms with Gasteiger partial charge >= 0.3 is 5.97 Å². The Morgan fingerprint density at radius 2 is 1.95 bits per heavy atom. The van der Waals surface area contributed by atoms with E-state index in [4.69, 9.17) is 0 Å². The molecule has 0 aliphatic heterocycles. The van der Waals surface area contributed by atoms with Crippen LogP contribution in [0.2, 0.25) is 0 Å². The first-order chi connectivity index (χ1) is 9.81. The van der Waals surface area contributed by atoms with Gasteiger partial charge in [-0.05, 0) is 53.5 Å². The number of hydrogen-bond donors (Lipinski definition) is 3. The number of phenols is 1. The highest BCUT2D eigenvalue weighted by Crippen LogP contribution is 2.33. The molecule has 1 amide bonds. The SMILES string of the molecule is Cc1sc(NC(=O)c2ccc(Br)c(O)c2)c(C(=O)O)c1C. The maximum absolute atomic E-state index is 12.1. The number of aromatic carboxylic acids is 1. The molecule has 1 heterocycles. The molecule has 0 atom stereocenters. The predicted octanol–water partition coefficient (Wildman–Crippen LogP) is 3.78. The highest BCUT2D eigenvalue weighted by atomic mass is 79.9.